The molecule has 2 aromatic heterocycles. The van der Waals surface area contributed by atoms with Crippen LogP contribution in [0, 0.1) is 0 Å². The van der Waals surface area contributed by atoms with Crippen LogP contribution in [-0.4, -0.2) is 11.6 Å². The predicted molar refractivity (Wildman–Crippen MR) is 93.2 cm³/mol. The number of hydrogen-bond donors (Lipinski definition) is 1. The van der Waals surface area contributed by atoms with Crippen LogP contribution in [0.5, 0.6) is 0 Å². The molecule has 0 aliphatic carbocycles. The number of pyridine rings is 1. The molecule has 4 aromatic rings. The molecule has 0 saturated carbocycles. The van der Waals surface area contributed by atoms with Crippen molar-refractivity contribution in [2.75, 3.05) is 12.4 Å². The summed E-state index contributed by atoms with van der Waals surface area (Å²) in [6.07, 6.45) is 4.11. The van der Waals surface area contributed by atoms with E-state index in [-0.39, 0.29) is 5.43 Å². The SMILES string of the molecule is CNc1cc2c3c(ccn2C)c[n+](Cc2ccccc2)c3c1=O. The highest BCUT2D eigenvalue weighted by atomic mass is 16.1. The number of benzene rings is 2. The molecule has 0 radical (unpaired) electrons. The van der Waals surface area contributed by atoms with E-state index in [1.807, 2.05) is 37.5 Å². The van der Waals surface area contributed by atoms with Gasteiger partial charge in [-0.2, -0.15) is 4.57 Å². The Morgan fingerprint density at radius 3 is 2.70 bits per heavy atom. The summed E-state index contributed by atoms with van der Waals surface area (Å²) in [6.45, 7) is 0.691. The average Bonchev–Trinajstić information content (AvgIpc) is 2.93. The molecule has 114 valence electrons. The van der Waals surface area contributed by atoms with E-state index in [1.54, 1.807) is 7.05 Å². The van der Waals surface area contributed by atoms with Gasteiger partial charge < -0.3 is 9.88 Å². The third kappa shape index (κ3) is 2.06. The quantitative estimate of drug-likeness (QED) is 0.591. The molecule has 0 saturated heterocycles. The molecule has 0 bridgehead atoms. The first-order chi connectivity index (χ1) is 11.2. The standard InChI is InChI=1S/C19H17N3O/c1-20-15-10-16-17-14(8-9-21(16)2)12-22(18(17)19(15)23)11-13-6-4-3-5-7-13/h3-10,12H,11H2,1-2H3/p+1. The van der Waals surface area contributed by atoms with Gasteiger partial charge in [0, 0.05) is 25.9 Å². The molecule has 1 N–H and O–H groups in total. The van der Waals surface area contributed by atoms with Gasteiger partial charge >= 0.3 is 0 Å². The lowest BCUT2D eigenvalue weighted by Crippen LogP contribution is -2.36. The molecule has 0 spiro atoms. The molecule has 4 rings (SSSR count). The second-order valence-electron chi connectivity index (χ2n) is 5.87. The number of aromatic nitrogens is 2. The molecule has 2 heterocycles. The monoisotopic (exact) mass is 304 g/mol. The Morgan fingerprint density at radius 2 is 1.96 bits per heavy atom. The van der Waals surface area contributed by atoms with E-state index >= 15 is 0 Å². The van der Waals surface area contributed by atoms with E-state index in [0.29, 0.717) is 12.2 Å². The Hall–Kier alpha value is -2.88. The predicted octanol–water partition coefficient (Wildman–Crippen LogP) is 2.51. The molecule has 23 heavy (non-hydrogen) atoms. The van der Waals surface area contributed by atoms with Crippen LogP contribution in [0.1, 0.15) is 5.56 Å². The van der Waals surface area contributed by atoms with Crippen LogP contribution in [0.2, 0.25) is 0 Å². The number of anilines is 1. The number of rotatable bonds is 3. The van der Waals surface area contributed by atoms with Crippen LogP contribution in [0.15, 0.2) is 59.7 Å². The summed E-state index contributed by atoms with van der Waals surface area (Å²) in [5.41, 5.74) is 3.70. The first-order valence-electron chi connectivity index (χ1n) is 7.68. The highest BCUT2D eigenvalue weighted by Crippen LogP contribution is 2.25. The van der Waals surface area contributed by atoms with Crippen molar-refractivity contribution in [2.45, 2.75) is 6.54 Å². The summed E-state index contributed by atoms with van der Waals surface area (Å²) in [5.74, 6) is 0. The lowest BCUT2D eigenvalue weighted by Gasteiger charge is -2.06. The minimum atomic E-state index is 0.0529. The fraction of sp³-hybridized carbons (Fsp3) is 0.158. The van der Waals surface area contributed by atoms with Crippen LogP contribution in [0.25, 0.3) is 21.8 Å². The van der Waals surface area contributed by atoms with Gasteiger partial charge in [-0.1, -0.05) is 30.3 Å². The van der Waals surface area contributed by atoms with Crippen molar-refractivity contribution in [3.8, 4) is 0 Å². The lowest BCUT2D eigenvalue weighted by molar-refractivity contribution is -0.659. The fourth-order valence-corrected chi connectivity index (χ4v) is 3.26. The van der Waals surface area contributed by atoms with Gasteiger partial charge in [0.25, 0.3) is 10.9 Å². The normalized spacial score (nSPS) is 11.4. The van der Waals surface area contributed by atoms with Crippen molar-refractivity contribution < 1.29 is 4.57 Å². The first-order valence-corrected chi connectivity index (χ1v) is 7.68. The van der Waals surface area contributed by atoms with Gasteiger partial charge in [-0.05, 0) is 12.1 Å². The highest BCUT2D eigenvalue weighted by molar-refractivity contribution is 6.07. The van der Waals surface area contributed by atoms with Gasteiger partial charge in [-0.15, -0.1) is 0 Å². The molecule has 0 fully saturated rings. The van der Waals surface area contributed by atoms with Crippen molar-refractivity contribution >= 4 is 27.5 Å². The third-order valence-corrected chi connectivity index (χ3v) is 4.43. The zero-order valence-corrected chi connectivity index (χ0v) is 13.2. The van der Waals surface area contributed by atoms with Crippen molar-refractivity contribution in [2.24, 2.45) is 7.05 Å². The molecular weight excluding hydrogens is 286 g/mol. The molecule has 0 unspecified atom stereocenters. The molecule has 0 atom stereocenters. The maximum Gasteiger partial charge on any atom is 0.273 e. The van der Waals surface area contributed by atoms with E-state index in [2.05, 4.69) is 38.8 Å². The summed E-state index contributed by atoms with van der Waals surface area (Å²) in [4.78, 5) is 12.9. The maximum atomic E-state index is 12.9. The molecular formula is C19H18N3O+. The van der Waals surface area contributed by atoms with E-state index in [4.69, 9.17) is 0 Å². The average molecular weight is 304 g/mol. The van der Waals surface area contributed by atoms with Gasteiger partial charge in [-0.25, -0.2) is 0 Å². The Kier molecular flexibility index (Phi) is 3.05. The minimum absolute atomic E-state index is 0.0529. The first kappa shape index (κ1) is 13.8. The number of aryl methyl sites for hydroxylation is 1. The number of hydrogen-bond acceptors (Lipinski definition) is 2. The summed E-state index contributed by atoms with van der Waals surface area (Å²) >= 11 is 0. The summed E-state index contributed by atoms with van der Waals surface area (Å²) in [6, 6.07) is 14.2. The van der Waals surface area contributed by atoms with Crippen LogP contribution < -0.4 is 15.3 Å². The maximum absolute atomic E-state index is 12.9. The second-order valence-corrected chi connectivity index (χ2v) is 5.87. The largest absolute Gasteiger partial charge is 0.385 e. The van der Waals surface area contributed by atoms with Crippen molar-refractivity contribution in [1.82, 2.24) is 4.57 Å². The number of nitrogens with one attached hydrogen (secondary N) is 1. The highest BCUT2D eigenvalue weighted by Gasteiger charge is 2.23. The molecule has 0 aliphatic heterocycles. The van der Waals surface area contributed by atoms with E-state index in [9.17, 15) is 4.79 Å². The van der Waals surface area contributed by atoms with Crippen LogP contribution in [-0.2, 0) is 13.6 Å². The van der Waals surface area contributed by atoms with E-state index in [1.165, 1.54) is 5.56 Å². The van der Waals surface area contributed by atoms with Gasteiger partial charge in [0.15, 0.2) is 12.7 Å². The molecule has 0 aliphatic rings. The zero-order valence-electron chi connectivity index (χ0n) is 13.2. The summed E-state index contributed by atoms with van der Waals surface area (Å²) in [7, 11) is 3.80. The van der Waals surface area contributed by atoms with Crippen LogP contribution in [0.4, 0.5) is 5.69 Å². The van der Waals surface area contributed by atoms with Crippen molar-refractivity contribution in [3.63, 3.8) is 0 Å². The Balaban J connectivity index is 2.06. The van der Waals surface area contributed by atoms with Gasteiger partial charge in [-0.3, -0.25) is 4.79 Å². The lowest BCUT2D eigenvalue weighted by atomic mass is 10.1. The third-order valence-electron chi connectivity index (χ3n) is 4.43. The smallest absolute Gasteiger partial charge is 0.273 e. The van der Waals surface area contributed by atoms with Gasteiger partial charge in [0.1, 0.15) is 0 Å². The fourth-order valence-electron chi connectivity index (χ4n) is 3.26. The second kappa shape index (κ2) is 5.09. The van der Waals surface area contributed by atoms with Crippen molar-refractivity contribution in [1.29, 1.82) is 0 Å². The minimum Gasteiger partial charge on any atom is -0.385 e. The van der Waals surface area contributed by atoms with Crippen molar-refractivity contribution in [3.05, 3.63) is 70.6 Å². The molecule has 2 aromatic carbocycles. The van der Waals surface area contributed by atoms with Gasteiger partial charge in [0.05, 0.1) is 22.0 Å². The Bertz CT molecular complexity index is 1050. The van der Waals surface area contributed by atoms with Gasteiger partial charge in [0.2, 0.25) is 0 Å². The topological polar surface area (TPSA) is 37.9 Å². The summed E-state index contributed by atoms with van der Waals surface area (Å²) < 4.78 is 4.12. The Labute approximate surface area is 133 Å². The Morgan fingerprint density at radius 1 is 1.17 bits per heavy atom. The molecule has 0 amide bonds. The van der Waals surface area contributed by atoms with Crippen LogP contribution >= 0.6 is 0 Å². The molecule has 4 heteroatoms. The molecule has 4 nitrogen and oxygen atoms in total. The summed E-state index contributed by atoms with van der Waals surface area (Å²) in [5, 5.41) is 5.17. The van der Waals surface area contributed by atoms with E-state index in [0.717, 1.165) is 21.8 Å². The number of nitrogens with zero attached hydrogens (tertiary/aromatic N) is 2. The van der Waals surface area contributed by atoms with Crippen LogP contribution in [0.3, 0.4) is 0 Å². The zero-order chi connectivity index (χ0) is 16.0. The van der Waals surface area contributed by atoms with E-state index < -0.39 is 0 Å².